The van der Waals surface area contributed by atoms with Crippen LogP contribution < -0.4 is 5.32 Å². The summed E-state index contributed by atoms with van der Waals surface area (Å²) in [4.78, 5) is 14.8. The smallest absolute Gasteiger partial charge is 0.241 e. The van der Waals surface area contributed by atoms with E-state index in [0.29, 0.717) is 11.6 Å². The molecular formula is C19H25ClN4O. The van der Waals surface area contributed by atoms with Gasteiger partial charge in [-0.1, -0.05) is 48.4 Å². The van der Waals surface area contributed by atoms with Gasteiger partial charge in [-0.3, -0.25) is 14.4 Å². The Kier molecular flexibility index (Phi) is 6.10. The van der Waals surface area contributed by atoms with E-state index in [1.165, 1.54) is 24.8 Å². The van der Waals surface area contributed by atoms with E-state index in [0.717, 1.165) is 18.8 Å². The fourth-order valence-electron chi connectivity index (χ4n) is 3.35. The van der Waals surface area contributed by atoms with Crippen LogP contribution in [0.15, 0.2) is 36.5 Å². The first kappa shape index (κ1) is 18.0. The number of halogens is 1. The van der Waals surface area contributed by atoms with E-state index < -0.39 is 0 Å². The standard InChI is InChI=1S/C19H25ClN4O/c1-15-17(20)13-24(22-15)14-19(25)21-12-18(16-8-4-2-5-9-16)23-10-6-3-7-11-23/h2,4-5,8-9,13,18H,3,6-7,10-12,14H2,1H3,(H,21,25)/t18-/m1/s1. The highest BCUT2D eigenvalue weighted by molar-refractivity contribution is 6.31. The Bertz CT molecular complexity index is 675. The number of benzene rings is 1. The number of aromatic nitrogens is 2. The van der Waals surface area contributed by atoms with Crippen LogP contribution in [0.3, 0.4) is 0 Å². The maximum Gasteiger partial charge on any atom is 0.241 e. The molecule has 0 unspecified atom stereocenters. The first-order chi connectivity index (χ1) is 12.1. The molecule has 1 amide bonds. The highest BCUT2D eigenvalue weighted by Gasteiger charge is 2.22. The molecule has 1 atom stereocenters. The first-order valence-electron chi connectivity index (χ1n) is 8.89. The fraction of sp³-hybridized carbons (Fsp3) is 0.474. The monoisotopic (exact) mass is 360 g/mol. The van der Waals surface area contributed by atoms with Crippen LogP contribution in [0.4, 0.5) is 0 Å². The van der Waals surface area contributed by atoms with Crippen molar-refractivity contribution < 1.29 is 4.79 Å². The number of piperidine rings is 1. The Morgan fingerprint density at radius 1 is 1.24 bits per heavy atom. The Morgan fingerprint density at radius 2 is 1.96 bits per heavy atom. The second-order valence-corrected chi connectivity index (χ2v) is 6.99. The Labute approximate surface area is 154 Å². The van der Waals surface area contributed by atoms with E-state index in [-0.39, 0.29) is 18.5 Å². The normalized spacial score (nSPS) is 16.6. The molecule has 1 saturated heterocycles. The van der Waals surface area contributed by atoms with Gasteiger partial charge in [-0.2, -0.15) is 5.10 Å². The van der Waals surface area contributed by atoms with Gasteiger partial charge in [-0.05, 0) is 38.4 Å². The third kappa shape index (κ3) is 4.83. The van der Waals surface area contributed by atoms with Gasteiger partial charge in [0.25, 0.3) is 0 Å². The number of rotatable bonds is 6. The number of aryl methyl sites for hydroxylation is 1. The van der Waals surface area contributed by atoms with Crippen molar-refractivity contribution in [3.8, 4) is 0 Å². The summed E-state index contributed by atoms with van der Waals surface area (Å²) in [7, 11) is 0. The van der Waals surface area contributed by atoms with Crippen molar-refractivity contribution in [2.75, 3.05) is 19.6 Å². The third-order valence-electron chi connectivity index (χ3n) is 4.70. The predicted octanol–water partition coefficient (Wildman–Crippen LogP) is 3.19. The number of likely N-dealkylation sites (tertiary alicyclic amines) is 1. The van der Waals surface area contributed by atoms with E-state index in [4.69, 9.17) is 11.6 Å². The van der Waals surface area contributed by atoms with Gasteiger partial charge in [-0.25, -0.2) is 0 Å². The van der Waals surface area contributed by atoms with Crippen molar-refractivity contribution in [1.82, 2.24) is 20.0 Å². The van der Waals surface area contributed by atoms with E-state index in [1.54, 1.807) is 10.9 Å². The first-order valence-corrected chi connectivity index (χ1v) is 9.26. The molecule has 1 N–H and O–H groups in total. The van der Waals surface area contributed by atoms with E-state index >= 15 is 0 Å². The SMILES string of the molecule is Cc1nn(CC(=O)NC[C@H](c2ccccc2)N2CCCCC2)cc1Cl. The molecule has 0 aliphatic carbocycles. The molecule has 0 bridgehead atoms. The van der Waals surface area contributed by atoms with Crippen LogP contribution in [0, 0.1) is 6.92 Å². The summed E-state index contributed by atoms with van der Waals surface area (Å²) in [6, 6.07) is 10.6. The fourth-order valence-corrected chi connectivity index (χ4v) is 3.50. The molecule has 1 aliphatic heterocycles. The molecule has 6 heteroatoms. The van der Waals surface area contributed by atoms with Crippen LogP contribution in [0.1, 0.15) is 36.6 Å². The van der Waals surface area contributed by atoms with Gasteiger partial charge >= 0.3 is 0 Å². The minimum Gasteiger partial charge on any atom is -0.353 e. The summed E-state index contributed by atoms with van der Waals surface area (Å²) in [5.74, 6) is -0.0443. The lowest BCUT2D eigenvalue weighted by molar-refractivity contribution is -0.122. The molecule has 0 spiro atoms. The summed E-state index contributed by atoms with van der Waals surface area (Å²) in [5.41, 5.74) is 1.99. The van der Waals surface area contributed by atoms with Gasteiger partial charge < -0.3 is 5.32 Å². The molecule has 1 aromatic heterocycles. The summed E-state index contributed by atoms with van der Waals surface area (Å²) in [6.07, 6.45) is 5.43. The molecule has 3 rings (SSSR count). The second-order valence-electron chi connectivity index (χ2n) is 6.59. The highest BCUT2D eigenvalue weighted by atomic mass is 35.5. The van der Waals surface area contributed by atoms with Crippen molar-refractivity contribution in [3.63, 3.8) is 0 Å². The van der Waals surface area contributed by atoms with E-state index in [9.17, 15) is 4.79 Å². The average molecular weight is 361 g/mol. The molecular weight excluding hydrogens is 336 g/mol. The second kappa shape index (κ2) is 8.50. The third-order valence-corrected chi connectivity index (χ3v) is 5.07. The lowest BCUT2D eigenvalue weighted by Crippen LogP contribution is -2.41. The predicted molar refractivity (Wildman–Crippen MR) is 99.6 cm³/mol. The molecule has 134 valence electrons. The summed E-state index contributed by atoms with van der Waals surface area (Å²) in [5, 5.41) is 7.90. The molecule has 5 nitrogen and oxygen atoms in total. The van der Waals surface area contributed by atoms with Crippen LogP contribution in [0.5, 0.6) is 0 Å². The van der Waals surface area contributed by atoms with Crippen molar-refractivity contribution in [2.24, 2.45) is 0 Å². The summed E-state index contributed by atoms with van der Waals surface area (Å²) in [6.45, 7) is 4.80. The van der Waals surface area contributed by atoms with Crippen molar-refractivity contribution in [3.05, 3.63) is 52.8 Å². The quantitative estimate of drug-likeness (QED) is 0.860. The number of amides is 1. The van der Waals surface area contributed by atoms with Crippen LogP contribution in [-0.2, 0) is 11.3 Å². The number of carbonyl (C=O) groups is 1. The lowest BCUT2D eigenvalue weighted by Gasteiger charge is -2.35. The molecule has 2 heterocycles. The Morgan fingerprint density at radius 3 is 2.60 bits per heavy atom. The van der Waals surface area contributed by atoms with Crippen LogP contribution in [0.2, 0.25) is 5.02 Å². The largest absolute Gasteiger partial charge is 0.353 e. The molecule has 25 heavy (non-hydrogen) atoms. The highest BCUT2D eigenvalue weighted by Crippen LogP contribution is 2.24. The van der Waals surface area contributed by atoms with Gasteiger partial charge in [0.05, 0.1) is 16.8 Å². The number of nitrogens with zero attached hydrogens (tertiary/aromatic N) is 3. The molecule has 1 aliphatic rings. The molecule has 1 fully saturated rings. The summed E-state index contributed by atoms with van der Waals surface area (Å²) >= 11 is 6.00. The maximum atomic E-state index is 12.3. The van der Waals surface area contributed by atoms with Crippen LogP contribution >= 0.6 is 11.6 Å². The molecule has 2 aromatic rings. The summed E-state index contributed by atoms with van der Waals surface area (Å²) < 4.78 is 1.59. The van der Waals surface area contributed by atoms with Gasteiger partial charge in [0.1, 0.15) is 6.54 Å². The van der Waals surface area contributed by atoms with Gasteiger partial charge in [0.2, 0.25) is 5.91 Å². The minimum absolute atomic E-state index is 0.0443. The lowest BCUT2D eigenvalue weighted by atomic mass is 10.0. The zero-order valence-corrected chi connectivity index (χ0v) is 15.4. The topological polar surface area (TPSA) is 50.2 Å². The Hall–Kier alpha value is -1.85. The molecule has 0 saturated carbocycles. The minimum atomic E-state index is -0.0443. The Balaban J connectivity index is 1.62. The average Bonchev–Trinajstić information content (AvgIpc) is 2.94. The van der Waals surface area contributed by atoms with Crippen LogP contribution in [-0.4, -0.2) is 40.2 Å². The zero-order valence-electron chi connectivity index (χ0n) is 14.6. The van der Waals surface area contributed by atoms with E-state index in [2.05, 4.69) is 39.6 Å². The van der Waals surface area contributed by atoms with E-state index in [1.807, 2.05) is 13.0 Å². The number of hydrogen-bond acceptors (Lipinski definition) is 3. The molecule has 1 aromatic carbocycles. The molecule has 0 radical (unpaired) electrons. The van der Waals surface area contributed by atoms with Gasteiger partial charge in [0.15, 0.2) is 0 Å². The van der Waals surface area contributed by atoms with Crippen LogP contribution in [0.25, 0.3) is 0 Å². The number of nitrogens with one attached hydrogen (secondary N) is 1. The van der Waals surface area contributed by atoms with Gasteiger partial charge in [-0.15, -0.1) is 0 Å². The maximum absolute atomic E-state index is 12.3. The van der Waals surface area contributed by atoms with Crippen molar-refractivity contribution in [1.29, 1.82) is 0 Å². The number of hydrogen-bond donors (Lipinski definition) is 1. The zero-order chi connectivity index (χ0) is 17.6. The number of carbonyl (C=O) groups excluding carboxylic acids is 1. The van der Waals surface area contributed by atoms with Crippen molar-refractivity contribution >= 4 is 17.5 Å². The van der Waals surface area contributed by atoms with Crippen molar-refractivity contribution in [2.45, 2.75) is 38.8 Å². The van der Waals surface area contributed by atoms with Gasteiger partial charge in [0, 0.05) is 12.7 Å².